The van der Waals surface area contributed by atoms with Crippen LogP contribution in [0.15, 0.2) is 48.7 Å². The van der Waals surface area contributed by atoms with Crippen LogP contribution in [-0.4, -0.2) is 48.1 Å². The van der Waals surface area contributed by atoms with E-state index in [1.807, 2.05) is 42.5 Å². The van der Waals surface area contributed by atoms with Gasteiger partial charge in [0.05, 0.1) is 30.4 Å². The van der Waals surface area contributed by atoms with Crippen molar-refractivity contribution in [3.8, 4) is 11.1 Å². The highest BCUT2D eigenvalue weighted by Gasteiger charge is 2.14. The van der Waals surface area contributed by atoms with E-state index in [9.17, 15) is 9.59 Å². The molecule has 2 amide bonds. The Hall–Kier alpha value is -3.52. The number of benzene rings is 2. The fraction of sp³-hybridized carbons (Fsp3) is 0.273. The third-order valence-electron chi connectivity index (χ3n) is 4.94. The molecule has 0 saturated carbocycles. The topological polar surface area (TPSA) is 110 Å². The second-order valence-corrected chi connectivity index (χ2v) is 7.13. The molecule has 154 valence electrons. The quantitative estimate of drug-likeness (QED) is 0.651. The third-order valence-corrected chi connectivity index (χ3v) is 4.94. The highest BCUT2D eigenvalue weighted by atomic mass is 16.5. The van der Waals surface area contributed by atoms with E-state index in [0.29, 0.717) is 18.9 Å². The van der Waals surface area contributed by atoms with Gasteiger partial charge in [-0.15, -0.1) is 0 Å². The molecule has 1 fully saturated rings. The van der Waals surface area contributed by atoms with Gasteiger partial charge in [0.2, 0.25) is 11.8 Å². The Morgan fingerprint density at radius 1 is 1.03 bits per heavy atom. The molecule has 0 spiro atoms. The van der Waals surface area contributed by atoms with E-state index in [0.717, 1.165) is 41.1 Å². The number of nitrogens with one attached hydrogen (secondary N) is 1. The van der Waals surface area contributed by atoms with E-state index in [4.69, 9.17) is 15.5 Å². The SMILES string of the molecule is NC(=O)CCC(=O)Nc1cccc(-c2ccc3ncc(N4CCOCC4)nc3c2)c1. The van der Waals surface area contributed by atoms with Crippen LogP contribution in [0.4, 0.5) is 11.5 Å². The lowest BCUT2D eigenvalue weighted by atomic mass is 10.0. The number of carbonyl (C=O) groups excluding carboxylic acids is 2. The normalized spacial score (nSPS) is 13.9. The first-order valence-corrected chi connectivity index (χ1v) is 9.86. The number of hydrogen-bond donors (Lipinski definition) is 2. The summed E-state index contributed by atoms with van der Waals surface area (Å²) in [4.78, 5) is 34.3. The van der Waals surface area contributed by atoms with Crippen molar-refractivity contribution in [2.45, 2.75) is 12.8 Å². The Balaban J connectivity index is 1.56. The standard InChI is InChI=1S/C22H23N5O3/c23-20(28)6-7-22(29)25-17-3-1-2-15(12-17)16-4-5-18-19(13-16)26-21(14-24-18)27-8-10-30-11-9-27/h1-5,12-14H,6-11H2,(H2,23,28)(H,25,29). The number of fused-ring (bicyclic) bond motifs is 1. The number of nitrogens with zero attached hydrogens (tertiary/aromatic N) is 3. The van der Waals surface area contributed by atoms with Gasteiger partial charge in [0, 0.05) is 31.6 Å². The fourth-order valence-corrected chi connectivity index (χ4v) is 3.36. The minimum absolute atomic E-state index is 0.0281. The molecule has 1 aliphatic rings. The maximum Gasteiger partial charge on any atom is 0.224 e. The van der Waals surface area contributed by atoms with Gasteiger partial charge in [-0.1, -0.05) is 18.2 Å². The summed E-state index contributed by atoms with van der Waals surface area (Å²) in [5, 5.41) is 2.80. The summed E-state index contributed by atoms with van der Waals surface area (Å²) >= 11 is 0. The number of ether oxygens (including phenoxy) is 1. The van der Waals surface area contributed by atoms with E-state index >= 15 is 0 Å². The molecule has 2 aromatic carbocycles. The molecule has 3 aromatic rings. The number of rotatable bonds is 6. The van der Waals surface area contributed by atoms with Crippen LogP contribution in [0.2, 0.25) is 0 Å². The predicted octanol–water partition coefficient (Wildman–Crippen LogP) is 2.34. The summed E-state index contributed by atoms with van der Waals surface area (Å²) in [6.45, 7) is 2.99. The number of anilines is 2. The Kier molecular flexibility index (Phi) is 5.85. The zero-order valence-corrected chi connectivity index (χ0v) is 16.5. The van der Waals surface area contributed by atoms with Crippen molar-refractivity contribution in [1.29, 1.82) is 0 Å². The van der Waals surface area contributed by atoms with E-state index in [1.54, 1.807) is 6.20 Å². The van der Waals surface area contributed by atoms with Crippen LogP contribution in [0.5, 0.6) is 0 Å². The summed E-state index contributed by atoms with van der Waals surface area (Å²) in [7, 11) is 0. The second kappa shape index (κ2) is 8.87. The molecule has 8 heteroatoms. The first-order valence-electron chi connectivity index (χ1n) is 9.86. The van der Waals surface area contributed by atoms with Gasteiger partial charge in [-0.05, 0) is 35.4 Å². The lowest BCUT2D eigenvalue weighted by Gasteiger charge is -2.27. The molecule has 0 bridgehead atoms. The van der Waals surface area contributed by atoms with Crippen LogP contribution in [0, 0.1) is 0 Å². The van der Waals surface area contributed by atoms with Crippen molar-refractivity contribution in [3.05, 3.63) is 48.7 Å². The van der Waals surface area contributed by atoms with Gasteiger partial charge in [0.1, 0.15) is 5.82 Å². The first-order chi connectivity index (χ1) is 14.6. The average molecular weight is 405 g/mol. The van der Waals surface area contributed by atoms with Crippen LogP contribution in [0.25, 0.3) is 22.2 Å². The van der Waals surface area contributed by atoms with Crippen molar-refractivity contribution in [2.24, 2.45) is 5.73 Å². The van der Waals surface area contributed by atoms with Crippen molar-refractivity contribution in [1.82, 2.24) is 9.97 Å². The van der Waals surface area contributed by atoms with Crippen molar-refractivity contribution in [3.63, 3.8) is 0 Å². The molecular formula is C22H23N5O3. The lowest BCUT2D eigenvalue weighted by molar-refractivity contribution is -0.122. The van der Waals surface area contributed by atoms with E-state index < -0.39 is 5.91 Å². The summed E-state index contributed by atoms with van der Waals surface area (Å²) in [5.74, 6) is 0.108. The minimum Gasteiger partial charge on any atom is -0.378 e. The van der Waals surface area contributed by atoms with E-state index in [1.165, 1.54) is 0 Å². The van der Waals surface area contributed by atoms with Crippen molar-refractivity contribution in [2.75, 3.05) is 36.5 Å². The Labute approximate surface area is 174 Å². The smallest absolute Gasteiger partial charge is 0.224 e. The van der Waals surface area contributed by atoms with Crippen LogP contribution in [-0.2, 0) is 14.3 Å². The second-order valence-electron chi connectivity index (χ2n) is 7.13. The maximum atomic E-state index is 12.0. The zero-order valence-electron chi connectivity index (χ0n) is 16.5. The molecular weight excluding hydrogens is 382 g/mol. The van der Waals surface area contributed by atoms with Gasteiger partial charge in [0.25, 0.3) is 0 Å². The molecule has 1 aromatic heterocycles. The molecule has 0 unspecified atom stereocenters. The summed E-state index contributed by atoms with van der Waals surface area (Å²) in [6.07, 6.45) is 1.89. The van der Waals surface area contributed by atoms with E-state index in [2.05, 4.69) is 15.2 Å². The zero-order chi connectivity index (χ0) is 20.9. The molecule has 8 nitrogen and oxygen atoms in total. The molecule has 30 heavy (non-hydrogen) atoms. The van der Waals surface area contributed by atoms with Crippen LogP contribution < -0.4 is 16.0 Å². The number of carbonyl (C=O) groups is 2. The number of aromatic nitrogens is 2. The highest BCUT2D eigenvalue weighted by molar-refractivity contribution is 5.93. The summed E-state index contributed by atoms with van der Waals surface area (Å²) < 4.78 is 5.41. The first kappa shape index (κ1) is 19.8. The van der Waals surface area contributed by atoms with Gasteiger partial charge in [-0.2, -0.15) is 0 Å². The van der Waals surface area contributed by atoms with Crippen LogP contribution in [0.3, 0.4) is 0 Å². The monoisotopic (exact) mass is 405 g/mol. The molecule has 2 heterocycles. The largest absolute Gasteiger partial charge is 0.378 e. The summed E-state index contributed by atoms with van der Waals surface area (Å²) in [6, 6.07) is 13.5. The molecule has 0 atom stereocenters. The Bertz CT molecular complexity index is 1080. The summed E-state index contributed by atoms with van der Waals surface area (Å²) in [5.41, 5.74) is 9.32. The van der Waals surface area contributed by atoms with Gasteiger partial charge < -0.3 is 20.7 Å². The lowest BCUT2D eigenvalue weighted by Crippen LogP contribution is -2.36. The van der Waals surface area contributed by atoms with Gasteiger partial charge >= 0.3 is 0 Å². The van der Waals surface area contributed by atoms with E-state index in [-0.39, 0.29) is 18.7 Å². The Morgan fingerprint density at radius 2 is 1.83 bits per heavy atom. The van der Waals surface area contributed by atoms with Crippen LogP contribution in [0.1, 0.15) is 12.8 Å². The minimum atomic E-state index is -0.493. The van der Waals surface area contributed by atoms with Crippen LogP contribution >= 0.6 is 0 Å². The highest BCUT2D eigenvalue weighted by Crippen LogP contribution is 2.26. The number of primary amides is 1. The van der Waals surface area contributed by atoms with Gasteiger partial charge in [-0.25, -0.2) is 4.98 Å². The number of nitrogens with two attached hydrogens (primary N) is 1. The molecule has 3 N–H and O–H groups in total. The molecule has 1 saturated heterocycles. The van der Waals surface area contributed by atoms with Gasteiger partial charge in [-0.3, -0.25) is 14.6 Å². The maximum absolute atomic E-state index is 12.0. The fourth-order valence-electron chi connectivity index (χ4n) is 3.36. The van der Waals surface area contributed by atoms with Gasteiger partial charge in [0.15, 0.2) is 0 Å². The predicted molar refractivity (Wildman–Crippen MR) is 115 cm³/mol. The van der Waals surface area contributed by atoms with Crippen molar-refractivity contribution < 1.29 is 14.3 Å². The number of hydrogen-bond acceptors (Lipinski definition) is 6. The average Bonchev–Trinajstić information content (AvgIpc) is 2.78. The number of amides is 2. The number of morpholine rings is 1. The molecule has 4 rings (SSSR count). The molecule has 0 radical (unpaired) electrons. The molecule has 1 aliphatic heterocycles. The Morgan fingerprint density at radius 3 is 2.63 bits per heavy atom. The molecule has 0 aliphatic carbocycles. The third kappa shape index (κ3) is 4.72. The van der Waals surface area contributed by atoms with Crippen molar-refractivity contribution >= 4 is 34.4 Å².